The predicted octanol–water partition coefficient (Wildman–Crippen LogP) is 4.88. The Morgan fingerprint density at radius 1 is 1.44 bits per heavy atom. The van der Waals surface area contributed by atoms with Gasteiger partial charge in [-0.1, -0.05) is 6.08 Å². The van der Waals surface area contributed by atoms with Crippen molar-refractivity contribution >= 4 is 39.3 Å². The van der Waals surface area contributed by atoms with Gasteiger partial charge in [-0.2, -0.15) is 17.5 Å². The maximum Gasteiger partial charge on any atom is 0.407 e. The Labute approximate surface area is 157 Å². The summed E-state index contributed by atoms with van der Waals surface area (Å²) in [5.74, 6) is 0.269. The fraction of sp³-hybridized carbons (Fsp3) is 0.375. The summed E-state index contributed by atoms with van der Waals surface area (Å²) < 4.78 is 47.2. The van der Waals surface area contributed by atoms with Crippen LogP contribution in [0.25, 0.3) is 5.57 Å². The van der Waals surface area contributed by atoms with Crippen LogP contribution < -0.4 is 5.32 Å². The molecule has 0 amide bonds. The monoisotopic (exact) mass is 437 g/mol. The molecule has 1 aromatic heterocycles. The number of aryl methyl sites for hydroxylation is 1. The van der Waals surface area contributed by atoms with Gasteiger partial charge in [0.15, 0.2) is 0 Å². The summed E-state index contributed by atoms with van der Waals surface area (Å²) >= 11 is 4.82. The maximum atomic E-state index is 12.2. The van der Waals surface area contributed by atoms with Crippen molar-refractivity contribution in [1.29, 1.82) is 0 Å². The van der Waals surface area contributed by atoms with Gasteiger partial charge < -0.3 is 10.1 Å². The van der Waals surface area contributed by atoms with Crippen molar-refractivity contribution in [3.05, 3.63) is 45.2 Å². The Bertz CT molecular complexity index is 679. The highest BCUT2D eigenvalue weighted by Gasteiger charge is 2.25. The lowest BCUT2D eigenvalue weighted by Crippen LogP contribution is -2.12. The van der Waals surface area contributed by atoms with Crippen LogP contribution in [0.2, 0.25) is 0 Å². The second-order valence-electron chi connectivity index (χ2n) is 4.82. The fourth-order valence-corrected chi connectivity index (χ4v) is 3.07. The number of nitrogens with one attached hydrogen (secondary N) is 1. The zero-order chi connectivity index (χ0) is 18.9. The average Bonchev–Trinajstić information content (AvgIpc) is 2.87. The molecule has 0 atom stereocenters. The number of hydrogen-bond donors (Lipinski definition) is 1. The fourth-order valence-electron chi connectivity index (χ4n) is 1.60. The molecule has 0 saturated carbocycles. The molecule has 1 heterocycles. The normalized spacial score (nSPS) is 13.9. The zero-order valence-corrected chi connectivity index (χ0v) is 16.4. The Hall–Kier alpha value is -1.61. The van der Waals surface area contributed by atoms with Gasteiger partial charge in [-0.3, -0.25) is 4.99 Å². The van der Waals surface area contributed by atoms with E-state index in [1.807, 2.05) is 19.1 Å². The number of allylic oxidation sites excluding steroid dienone is 4. The van der Waals surface area contributed by atoms with Crippen LogP contribution >= 0.6 is 27.5 Å². The average molecular weight is 438 g/mol. The lowest BCUT2D eigenvalue weighted by molar-refractivity contribution is -0.118. The Morgan fingerprint density at radius 2 is 2.16 bits per heavy atom. The molecule has 9 heteroatoms. The second-order valence-corrected chi connectivity index (χ2v) is 6.38. The van der Waals surface area contributed by atoms with Gasteiger partial charge in [-0.25, -0.2) is 0 Å². The first-order valence-electron chi connectivity index (χ1n) is 7.29. The summed E-state index contributed by atoms with van der Waals surface area (Å²) in [5.41, 5.74) is 1.70. The van der Waals surface area contributed by atoms with Crippen molar-refractivity contribution < 1.29 is 17.9 Å². The third-order valence-electron chi connectivity index (χ3n) is 2.81. The minimum Gasteiger partial charge on any atom is -0.488 e. The van der Waals surface area contributed by atoms with Crippen LogP contribution in [0.5, 0.6) is 0 Å². The molecule has 0 saturated heterocycles. The van der Waals surface area contributed by atoms with Gasteiger partial charge >= 0.3 is 6.18 Å². The van der Waals surface area contributed by atoms with Crippen molar-refractivity contribution in [3.63, 3.8) is 0 Å². The van der Waals surface area contributed by atoms with Crippen molar-refractivity contribution in [3.8, 4) is 0 Å². The van der Waals surface area contributed by atoms with E-state index in [1.165, 1.54) is 11.5 Å². The Balaban J connectivity index is 2.86. The molecule has 4 nitrogen and oxygen atoms in total. The Kier molecular flexibility index (Phi) is 8.91. The quantitative estimate of drug-likeness (QED) is 0.358. The van der Waals surface area contributed by atoms with Gasteiger partial charge in [0.25, 0.3) is 0 Å². The summed E-state index contributed by atoms with van der Waals surface area (Å²) in [7, 11) is 1.78. The number of nitrogens with zero attached hydrogens (tertiary/aromatic N) is 2. The van der Waals surface area contributed by atoms with E-state index in [9.17, 15) is 13.2 Å². The number of aromatic nitrogens is 1. The SMILES string of the molecule is C/C=C(\C=N/CC(F)(F)F)OC/C(=C\C=C/NC)c1snc(C)c1Br. The molecule has 0 aliphatic rings. The number of aliphatic imine (C=N–C) groups is 1. The molecule has 1 N–H and O–H groups in total. The third-order valence-corrected chi connectivity index (χ3v) is 5.06. The molecule has 25 heavy (non-hydrogen) atoms. The highest BCUT2D eigenvalue weighted by Crippen LogP contribution is 2.31. The van der Waals surface area contributed by atoms with Crippen LogP contribution in [-0.4, -0.2) is 37.0 Å². The minimum absolute atomic E-state index is 0.173. The topological polar surface area (TPSA) is 46.5 Å². The van der Waals surface area contributed by atoms with Crippen LogP contribution in [0.3, 0.4) is 0 Å². The summed E-state index contributed by atoms with van der Waals surface area (Å²) in [6, 6.07) is 0. The first-order chi connectivity index (χ1) is 11.8. The molecule has 0 aliphatic heterocycles. The summed E-state index contributed by atoms with van der Waals surface area (Å²) in [6.45, 7) is 2.49. The molecule has 0 aromatic carbocycles. The van der Waals surface area contributed by atoms with Gasteiger partial charge in [0.2, 0.25) is 0 Å². The number of alkyl halides is 3. The summed E-state index contributed by atoms with van der Waals surface area (Å²) in [5, 5.41) is 2.88. The lowest BCUT2D eigenvalue weighted by Gasteiger charge is -2.09. The van der Waals surface area contributed by atoms with E-state index in [4.69, 9.17) is 4.74 Å². The second kappa shape index (κ2) is 10.4. The molecule has 0 spiro atoms. The molecule has 138 valence electrons. The Morgan fingerprint density at radius 3 is 2.68 bits per heavy atom. The third kappa shape index (κ3) is 7.87. The van der Waals surface area contributed by atoms with E-state index in [2.05, 4.69) is 30.6 Å². The molecule has 1 rings (SSSR count). The van der Waals surface area contributed by atoms with Gasteiger partial charge in [0.1, 0.15) is 18.9 Å². The van der Waals surface area contributed by atoms with Gasteiger partial charge in [-0.15, -0.1) is 0 Å². The molecule has 0 unspecified atom stereocenters. The van der Waals surface area contributed by atoms with E-state index in [1.54, 1.807) is 26.2 Å². The highest BCUT2D eigenvalue weighted by molar-refractivity contribution is 9.10. The molecule has 1 aromatic rings. The predicted molar refractivity (Wildman–Crippen MR) is 99.9 cm³/mol. The summed E-state index contributed by atoms with van der Waals surface area (Å²) in [4.78, 5) is 4.26. The van der Waals surface area contributed by atoms with Crippen LogP contribution in [0.1, 0.15) is 17.5 Å². The number of rotatable bonds is 8. The van der Waals surface area contributed by atoms with Crippen LogP contribution in [0.4, 0.5) is 13.2 Å². The minimum atomic E-state index is -4.33. The molecule has 0 bridgehead atoms. The van der Waals surface area contributed by atoms with Crippen molar-refractivity contribution in [2.45, 2.75) is 20.0 Å². The lowest BCUT2D eigenvalue weighted by atomic mass is 10.2. The van der Waals surface area contributed by atoms with Crippen LogP contribution in [0.15, 0.2) is 39.7 Å². The molecular weight excluding hydrogens is 419 g/mol. The largest absolute Gasteiger partial charge is 0.488 e. The van der Waals surface area contributed by atoms with Crippen molar-refractivity contribution in [2.24, 2.45) is 4.99 Å². The zero-order valence-electron chi connectivity index (χ0n) is 14.0. The maximum absolute atomic E-state index is 12.2. The van der Waals surface area contributed by atoms with Gasteiger partial charge in [0, 0.05) is 12.6 Å². The van der Waals surface area contributed by atoms with Crippen molar-refractivity contribution in [2.75, 3.05) is 20.2 Å². The molecular formula is C16H19BrF3N3OS. The standard InChI is InChI=1S/C16H19BrF3N3OS/c1-4-13(8-22-10-16(18,19)20)24-9-12(6-5-7-21-3)15-14(17)11(2)23-25-15/h4-8,21H,9-10H2,1-3H3/b7-5-,12-6+,13-4+,22-8-. The van der Waals surface area contributed by atoms with Gasteiger partial charge in [0.05, 0.1) is 21.3 Å². The number of hydrogen-bond acceptors (Lipinski definition) is 5. The first kappa shape index (κ1) is 21.4. The van der Waals surface area contributed by atoms with Crippen LogP contribution in [0, 0.1) is 6.92 Å². The van der Waals surface area contributed by atoms with Crippen LogP contribution in [-0.2, 0) is 4.74 Å². The van der Waals surface area contributed by atoms with E-state index in [0.717, 1.165) is 26.8 Å². The van der Waals surface area contributed by atoms with E-state index in [0.29, 0.717) is 0 Å². The smallest absolute Gasteiger partial charge is 0.407 e. The first-order valence-corrected chi connectivity index (χ1v) is 8.86. The molecule has 0 aliphatic carbocycles. The summed E-state index contributed by atoms with van der Waals surface area (Å²) in [6.07, 6.45) is 3.74. The number of halogens is 4. The van der Waals surface area contributed by atoms with Gasteiger partial charge in [-0.05, 0) is 59.7 Å². The van der Waals surface area contributed by atoms with Crippen molar-refractivity contribution in [1.82, 2.24) is 9.69 Å². The highest BCUT2D eigenvalue weighted by atomic mass is 79.9. The van der Waals surface area contributed by atoms with E-state index in [-0.39, 0.29) is 12.4 Å². The molecule has 0 fully saturated rings. The van der Waals surface area contributed by atoms with E-state index >= 15 is 0 Å². The van der Waals surface area contributed by atoms with E-state index < -0.39 is 12.7 Å². The number of ether oxygens (including phenoxy) is 1. The molecule has 0 radical (unpaired) electrons.